The first-order chi connectivity index (χ1) is 9.21. The van der Waals surface area contributed by atoms with Crippen LogP contribution in [0.1, 0.15) is 30.2 Å². The van der Waals surface area contributed by atoms with Gasteiger partial charge >= 0.3 is 0 Å². The molecule has 8 heteroatoms. The Balaban J connectivity index is 2.30. The monoisotopic (exact) mass is 301 g/mol. The number of nitrogens with zero attached hydrogens (tertiary/aromatic N) is 1. The van der Waals surface area contributed by atoms with E-state index in [0.29, 0.717) is 13.1 Å². The molecule has 1 amide bonds. The summed E-state index contributed by atoms with van der Waals surface area (Å²) < 4.78 is 28.0. The maximum Gasteiger partial charge on any atom is 0.289 e. The number of primary sulfonamides is 1. The first-order valence-electron chi connectivity index (χ1n) is 6.39. The first kappa shape index (κ1) is 15.0. The van der Waals surface area contributed by atoms with Crippen LogP contribution in [-0.4, -0.2) is 44.4 Å². The number of sulfonamides is 1. The molecule has 1 fully saturated rings. The minimum Gasteiger partial charge on any atom is -0.455 e. The van der Waals surface area contributed by atoms with Gasteiger partial charge in [-0.15, -0.1) is 0 Å². The Morgan fingerprint density at radius 1 is 1.50 bits per heavy atom. The van der Waals surface area contributed by atoms with Gasteiger partial charge in [0.05, 0.1) is 0 Å². The van der Waals surface area contributed by atoms with E-state index in [0.717, 1.165) is 0 Å². The number of furan rings is 1. The van der Waals surface area contributed by atoms with Gasteiger partial charge in [-0.2, -0.15) is 0 Å². The third-order valence-corrected chi connectivity index (χ3v) is 4.70. The van der Waals surface area contributed by atoms with Crippen molar-refractivity contribution in [1.82, 2.24) is 10.2 Å². The molecule has 1 aliphatic heterocycles. The molecule has 0 aromatic carbocycles. The summed E-state index contributed by atoms with van der Waals surface area (Å²) in [5, 5.41) is 8.34. The van der Waals surface area contributed by atoms with Crippen molar-refractivity contribution in [3.8, 4) is 0 Å². The Kier molecular flexibility index (Phi) is 3.90. The predicted octanol–water partition coefficient (Wildman–Crippen LogP) is 0.0578. The predicted molar refractivity (Wildman–Crippen MR) is 72.8 cm³/mol. The fourth-order valence-corrected chi connectivity index (χ4v) is 3.05. The SMILES string of the molecule is Cc1oc(C(=O)N2CCNC(C)C2C)cc1S(N)(=O)=O. The number of hydrogen-bond donors (Lipinski definition) is 2. The normalized spacial score (nSPS) is 23.9. The van der Waals surface area contributed by atoms with Crippen LogP contribution in [0.2, 0.25) is 0 Å². The van der Waals surface area contributed by atoms with Gasteiger partial charge in [0.2, 0.25) is 10.0 Å². The minimum absolute atomic E-state index is 0.000380. The number of carbonyl (C=O) groups is 1. The molecule has 3 N–H and O–H groups in total. The van der Waals surface area contributed by atoms with E-state index < -0.39 is 10.0 Å². The van der Waals surface area contributed by atoms with E-state index >= 15 is 0 Å². The molecule has 2 rings (SSSR count). The van der Waals surface area contributed by atoms with Gasteiger partial charge in [0.25, 0.3) is 5.91 Å². The highest BCUT2D eigenvalue weighted by Crippen LogP contribution is 2.21. The summed E-state index contributed by atoms with van der Waals surface area (Å²) in [4.78, 5) is 13.9. The molecule has 0 aliphatic carbocycles. The topological polar surface area (TPSA) is 106 Å². The fraction of sp³-hybridized carbons (Fsp3) is 0.583. The van der Waals surface area contributed by atoms with Gasteiger partial charge in [0.1, 0.15) is 10.7 Å². The zero-order valence-electron chi connectivity index (χ0n) is 11.7. The number of carbonyl (C=O) groups excluding carboxylic acids is 1. The third kappa shape index (κ3) is 2.72. The second-order valence-corrected chi connectivity index (χ2v) is 6.59. The average Bonchev–Trinajstić information content (AvgIpc) is 2.74. The summed E-state index contributed by atoms with van der Waals surface area (Å²) in [5.74, 6) is -0.178. The van der Waals surface area contributed by atoms with Crippen molar-refractivity contribution in [2.75, 3.05) is 13.1 Å². The average molecular weight is 301 g/mol. The zero-order valence-corrected chi connectivity index (χ0v) is 12.5. The lowest BCUT2D eigenvalue weighted by atomic mass is 10.1. The summed E-state index contributed by atoms with van der Waals surface area (Å²) in [5.41, 5.74) is 0. The third-order valence-electron chi connectivity index (χ3n) is 3.68. The van der Waals surface area contributed by atoms with Crippen LogP contribution in [0.5, 0.6) is 0 Å². The van der Waals surface area contributed by atoms with Crippen LogP contribution in [-0.2, 0) is 10.0 Å². The molecular formula is C12H19N3O4S. The highest BCUT2D eigenvalue weighted by atomic mass is 32.2. The maximum absolute atomic E-state index is 12.4. The van der Waals surface area contributed by atoms with Gasteiger partial charge in [-0.1, -0.05) is 0 Å². The number of amides is 1. The molecule has 2 unspecified atom stereocenters. The van der Waals surface area contributed by atoms with E-state index in [2.05, 4.69) is 5.32 Å². The lowest BCUT2D eigenvalue weighted by Crippen LogP contribution is -2.57. The molecule has 0 spiro atoms. The van der Waals surface area contributed by atoms with Gasteiger partial charge in [0, 0.05) is 31.2 Å². The second kappa shape index (κ2) is 5.19. The van der Waals surface area contributed by atoms with Crippen LogP contribution in [0.3, 0.4) is 0 Å². The molecular weight excluding hydrogens is 282 g/mol. The quantitative estimate of drug-likeness (QED) is 0.803. The summed E-state index contributed by atoms with van der Waals surface area (Å²) in [6.45, 7) is 6.65. The Bertz CT molecular complexity index is 623. The Labute approximate surface area is 118 Å². The van der Waals surface area contributed by atoms with Gasteiger partial charge in [-0.05, 0) is 20.8 Å². The van der Waals surface area contributed by atoms with Crippen LogP contribution in [0.25, 0.3) is 0 Å². The molecule has 0 saturated carbocycles. The molecule has 1 aromatic rings. The fourth-order valence-electron chi connectivity index (χ4n) is 2.34. The molecule has 0 radical (unpaired) electrons. The van der Waals surface area contributed by atoms with E-state index in [1.165, 1.54) is 13.0 Å². The van der Waals surface area contributed by atoms with E-state index in [-0.39, 0.29) is 34.4 Å². The van der Waals surface area contributed by atoms with E-state index in [1.54, 1.807) is 4.90 Å². The molecule has 20 heavy (non-hydrogen) atoms. The summed E-state index contributed by atoms with van der Waals surface area (Å²) in [7, 11) is -3.88. The van der Waals surface area contributed by atoms with E-state index in [4.69, 9.17) is 9.56 Å². The van der Waals surface area contributed by atoms with Crippen LogP contribution >= 0.6 is 0 Å². The summed E-state index contributed by atoms with van der Waals surface area (Å²) >= 11 is 0. The standard InChI is InChI=1S/C12H19N3O4S/c1-7-8(2)15(5-4-14-7)12(16)10-6-11(9(3)19-10)20(13,17)18/h6-8,14H,4-5H2,1-3H3,(H2,13,17,18). The van der Waals surface area contributed by atoms with Crippen LogP contribution in [0, 0.1) is 6.92 Å². The summed E-state index contributed by atoms with van der Waals surface area (Å²) in [6.07, 6.45) is 0. The molecule has 7 nitrogen and oxygen atoms in total. The largest absolute Gasteiger partial charge is 0.455 e. The van der Waals surface area contributed by atoms with Crippen molar-refractivity contribution in [3.63, 3.8) is 0 Å². The van der Waals surface area contributed by atoms with Gasteiger partial charge in [0.15, 0.2) is 5.76 Å². The number of aryl methyl sites for hydroxylation is 1. The zero-order chi connectivity index (χ0) is 15.1. The van der Waals surface area contributed by atoms with Crippen molar-refractivity contribution in [2.24, 2.45) is 5.14 Å². The first-order valence-corrected chi connectivity index (χ1v) is 7.94. The van der Waals surface area contributed by atoms with Crippen molar-refractivity contribution in [2.45, 2.75) is 37.8 Å². The Morgan fingerprint density at radius 2 is 2.15 bits per heavy atom. The van der Waals surface area contributed by atoms with Crippen molar-refractivity contribution in [1.29, 1.82) is 0 Å². The van der Waals surface area contributed by atoms with Crippen LogP contribution in [0.4, 0.5) is 0 Å². The lowest BCUT2D eigenvalue weighted by molar-refractivity contribution is 0.0569. The number of rotatable bonds is 2. The number of nitrogens with one attached hydrogen (secondary N) is 1. The highest BCUT2D eigenvalue weighted by molar-refractivity contribution is 7.89. The smallest absolute Gasteiger partial charge is 0.289 e. The molecule has 112 valence electrons. The van der Waals surface area contributed by atoms with Crippen molar-refractivity contribution >= 4 is 15.9 Å². The van der Waals surface area contributed by atoms with Gasteiger partial charge in [-0.25, -0.2) is 13.6 Å². The van der Waals surface area contributed by atoms with Crippen LogP contribution < -0.4 is 10.5 Å². The number of hydrogen-bond acceptors (Lipinski definition) is 5. The van der Waals surface area contributed by atoms with E-state index in [1.807, 2.05) is 13.8 Å². The molecule has 2 heterocycles. The molecule has 1 aromatic heterocycles. The molecule has 0 bridgehead atoms. The van der Waals surface area contributed by atoms with Crippen molar-refractivity contribution < 1.29 is 17.6 Å². The molecule has 1 aliphatic rings. The summed E-state index contributed by atoms with van der Waals surface area (Å²) in [6, 6.07) is 1.37. The van der Waals surface area contributed by atoms with Gasteiger partial charge < -0.3 is 14.6 Å². The van der Waals surface area contributed by atoms with E-state index in [9.17, 15) is 13.2 Å². The number of nitrogens with two attached hydrogens (primary N) is 1. The second-order valence-electron chi connectivity index (χ2n) is 5.06. The minimum atomic E-state index is -3.88. The lowest BCUT2D eigenvalue weighted by Gasteiger charge is -2.38. The van der Waals surface area contributed by atoms with Crippen molar-refractivity contribution in [3.05, 3.63) is 17.6 Å². The number of piperazine rings is 1. The molecule has 2 atom stereocenters. The Morgan fingerprint density at radius 3 is 2.70 bits per heavy atom. The van der Waals surface area contributed by atoms with Crippen LogP contribution in [0.15, 0.2) is 15.4 Å². The molecule has 1 saturated heterocycles. The maximum atomic E-state index is 12.4. The highest BCUT2D eigenvalue weighted by Gasteiger charge is 2.31. The Hall–Kier alpha value is -1.38. The van der Waals surface area contributed by atoms with Gasteiger partial charge in [-0.3, -0.25) is 4.79 Å².